The number of halogens is 1. The van der Waals surface area contributed by atoms with E-state index < -0.39 is 5.97 Å². The molecule has 0 amide bonds. The van der Waals surface area contributed by atoms with Crippen molar-refractivity contribution in [1.82, 2.24) is 9.55 Å². The fraction of sp³-hybridized carbons (Fsp3) is 0.0714. The quantitative estimate of drug-likeness (QED) is 0.758. The molecule has 3 aromatic rings. The lowest BCUT2D eigenvalue weighted by atomic mass is 10.2. The largest absolute Gasteiger partial charge is 0.477 e. The molecule has 5 heteroatoms. The molecule has 0 aliphatic carbocycles. The Kier molecular flexibility index (Phi) is 2.71. The Morgan fingerprint density at radius 2 is 2.05 bits per heavy atom. The molecule has 2 heterocycles. The van der Waals surface area contributed by atoms with Crippen molar-refractivity contribution in [2.75, 3.05) is 0 Å². The molecule has 3 rings (SSSR count). The second kappa shape index (κ2) is 4.28. The number of fused-ring (bicyclic) bond motifs is 1. The summed E-state index contributed by atoms with van der Waals surface area (Å²) in [5, 5.41) is 10.1. The van der Waals surface area contributed by atoms with Gasteiger partial charge in [-0.3, -0.25) is 0 Å². The van der Waals surface area contributed by atoms with Gasteiger partial charge in [-0.2, -0.15) is 0 Å². The number of nitrogens with one attached hydrogen (secondary N) is 1. The zero-order chi connectivity index (χ0) is 13.6. The van der Waals surface area contributed by atoms with Crippen molar-refractivity contribution in [3.8, 4) is 11.4 Å². The lowest BCUT2D eigenvalue weighted by Crippen LogP contribution is -1.96. The Balaban J connectivity index is 2.19. The predicted octanol–water partition coefficient (Wildman–Crippen LogP) is 3.63. The van der Waals surface area contributed by atoms with Gasteiger partial charge in [0, 0.05) is 22.4 Å². The van der Waals surface area contributed by atoms with Gasteiger partial charge < -0.3 is 14.7 Å². The van der Waals surface area contributed by atoms with Gasteiger partial charge in [0.15, 0.2) is 0 Å². The van der Waals surface area contributed by atoms with Crippen LogP contribution in [0.5, 0.6) is 0 Å². The van der Waals surface area contributed by atoms with Crippen LogP contribution < -0.4 is 0 Å². The monoisotopic (exact) mass is 318 g/mol. The van der Waals surface area contributed by atoms with E-state index >= 15 is 0 Å². The van der Waals surface area contributed by atoms with Gasteiger partial charge in [-0.25, -0.2) is 4.79 Å². The van der Waals surface area contributed by atoms with Crippen LogP contribution in [0.3, 0.4) is 0 Å². The summed E-state index contributed by atoms with van der Waals surface area (Å²) < 4.78 is 3.06. The van der Waals surface area contributed by atoms with Crippen molar-refractivity contribution in [3.63, 3.8) is 0 Å². The van der Waals surface area contributed by atoms with Crippen LogP contribution in [0.4, 0.5) is 0 Å². The number of carbonyl (C=O) groups is 1. The lowest BCUT2D eigenvalue weighted by molar-refractivity contribution is 0.0691. The van der Waals surface area contributed by atoms with Crippen LogP contribution >= 0.6 is 15.9 Å². The van der Waals surface area contributed by atoms with Gasteiger partial charge in [0.25, 0.3) is 0 Å². The highest BCUT2D eigenvalue weighted by Crippen LogP contribution is 2.28. The molecule has 0 bridgehead atoms. The first-order valence-corrected chi connectivity index (χ1v) is 6.53. The molecule has 2 aromatic heterocycles. The highest BCUT2D eigenvalue weighted by Gasteiger charge is 2.12. The van der Waals surface area contributed by atoms with Crippen LogP contribution in [0.1, 0.15) is 10.5 Å². The normalized spacial score (nSPS) is 11.1. The van der Waals surface area contributed by atoms with Crippen LogP contribution in [-0.2, 0) is 7.05 Å². The fourth-order valence-corrected chi connectivity index (χ4v) is 2.58. The minimum Gasteiger partial charge on any atom is -0.477 e. The Labute approximate surface area is 117 Å². The first kappa shape index (κ1) is 12.0. The first-order valence-electron chi connectivity index (χ1n) is 5.74. The zero-order valence-electron chi connectivity index (χ0n) is 10.1. The molecule has 0 saturated carbocycles. The molecule has 1 aromatic carbocycles. The number of hydrogen-bond acceptors (Lipinski definition) is 1. The Morgan fingerprint density at radius 3 is 2.74 bits per heavy atom. The number of nitrogens with zero attached hydrogens (tertiary/aromatic N) is 1. The van der Waals surface area contributed by atoms with Crippen LogP contribution in [0, 0.1) is 0 Å². The van der Waals surface area contributed by atoms with Crippen LogP contribution in [0.15, 0.2) is 40.9 Å². The smallest absolute Gasteiger partial charge is 0.352 e. The SMILES string of the molecule is Cn1c(-c2ccc(C(=O)O)[nH]2)cc2ccc(Br)cc21. The number of aromatic amines is 1. The molecule has 0 atom stereocenters. The van der Waals surface area contributed by atoms with Crippen molar-refractivity contribution in [3.05, 3.63) is 46.6 Å². The summed E-state index contributed by atoms with van der Waals surface area (Å²) >= 11 is 3.46. The van der Waals surface area contributed by atoms with E-state index in [0.29, 0.717) is 0 Å². The van der Waals surface area contributed by atoms with E-state index in [9.17, 15) is 4.79 Å². The van der Waals surface area contributed by atoms with Gasteiger partial charge >= 0.3 is 5.97 Å². The lowest BCUT2D eigenvalue weighted by Gasteiger charge is -2.02. The molecular formula is C14H11BrN2O2. The number of carboxylic acid groups (broad SMARTS) is 1. The van der Waals surface area contributed by atoms with E-state index in [1.165, 1.54) is 0 Å². The molecule has 0 fully saturated rings. The van der Waals surface area contributed by atoms with Crippen LogP contribution in [0.2, 0.25) is 0 Å². The molecule has 0 spiro atoms. The molecule has 2 N–H and O–H groups in total. The van der Waals surface area contributed by atoms with Gasteiger partial charge in [-0.1, -0.05) is 22.0 Å². The average molecular weight is 319 g/mol. The van der Waals surface area contributed by atoms with Crippen LogP contribution in [0.25, 0.3) is 22.3 Å². The zero-order valence-corrected chi connectivity index (χ0v) is 11.7. The Morgan fingerprint density at radius 1 is 1.26 bits per heavy atom. The van der Waals surface area contributed by atoms with Gasteiger partial charge in [0.1, 0.15) is 5.69 Å². The van der Waals surface area contributed by atoms with E-state index in [2.05, 4.69) is 20.9 Å². The van der Waals surface area contributed by atoms with E-state index in [1.807, 2.05) is 35.9 Å². The molecule has 0 aliphatic rings. The number of aryl methyl sites for hydroxylation is 1. The third kappa shape index (κ3) is 1.96. The van der Waals surface area contributed by atoms with E-state index in [0.717, 1.165) is 26.8 Å². The molecular weight excluding hydrogens is 308 g/mol. The van der Waals surface area contributed by atoms with Crippen molar-refractivity contribution in [2.24, 2.45) is 7.05 Å². The van der Waals surface area contributed by atoms with Crippen LogP contribution in [-0.4, -0.2) is 20.6 Å². The number of aromatic carboxylic acids is 1. The number of benzene rings is 1. The number of rotatable bonds is 2. The second-order valence-corrected chi connectivity index (χ2v) is 5.30. The van der Waals surface area contributed by atoms with E-state index in [-0.39, 0.29) is 5.69 Å². The summed E-state index contributed by atoms with van der Waals surface area (Å²) in [6, 6.07) is 11.5. The Bertz CT molecular complexity index is 786. The van der Waals surface area contributed by atoms with Crippen molar-refractivity contribution in [2.45, 2.75) is 0 Å². The van der Waals surface area contributed by atoms with Crippen molar-refractivity contribution in [1.29, 1.82) is 0 Å². The minimum atomic E-state index is -0.951. The number of hydrogen-bond donors (Lipinski definition) is 2. The second-order valence-electron chi connectivity index (χ2n) is 4.38. The summed E-state index contributed by atoms with van der Waals surface area (Å²) in [7, 11) is 1.96. The molecule has 0 aliphatic heterocycles. The first-order chi connectivity index (χ1) is 9.06. The topological polar surface area (TPSA) is 58.0 Å². The summed E-state index contributed by atoms with van der Waals surface area (Å²) in [6.45, 7) is 0. The molecule has 19 heavy (non-hydrogen) atoms. The van der Waals surface area contributed by atoms with Crippen molar-refractivity contribution >= 4 is 32.8 Å². The van der Waals surface area contributed by atoms with Gasteiger partial charge in [0.2, 0.25) is 0 Å². The summed E-state index contributed by atoms with van der Waals surface area (Å²) in [4.78, 5) is 13.8. The fourth-order valence-electron chi connectivity index (χ4n) is 2.23. The third-order valence-electron chi connectivity index (χ3n) is 3.20. The highest BCUT2D eigenvalue weighted by molar-refractivity contribution is 9.10. The standard InChI is InChI=1S/C14H11BrN2O2/c1-17-12-7-9(15)3-2-8(12)6-13(17)10-4-5-11(16-10)14(18)19/h2-7,16H,1H3,(H,18,19). The highest BCUT2D eigenvalue weighted by atomic mass is 79.9. The third-order valence-corrected chi connectivity index (χ3v) is 3.69. The van der Waals surface area contributed by atoms with Gasteiger partial charge in [-0.05, 0) is 30.3 Å². The molecule has 96 valence electrons. The number of carboxylic acids is 1. The van der Waals surface area contributed by atoms with Gasteiger partial charge in [-0.15, -0.1) is 0 Å². The average Bonchev–Trinajstić information content (AvgIpc) is 2.95. The van der Waals surface area contributed by atoms with Gasteiger partial charge in [0.05, 0.1) is 11.4 Å². The molecule has 0 radical (unpaired) electrons. The molecule has 4 nitrogen and oxygen atoms in total. The summed E-state index contributed by atoms with van der Waals surface area (Å²) in [5.41, 5.74) is 3.05. The number of H-pyrrole nitrogens is 1. The summed E-state index contributed by atoms with van der Waals surface area (Å²) in [6.07, 6.45) is 0. The predicted molar refractivity (Wildman–Crippen MR) is 77.4 cm³/mol. The number of aromatic nitrogens is 2. The summed E-state index contributed by atoms with van der Waals surface area (Å²) in [5.74, 6) is -0.951. The Hall–Kier alpha value is -2.01. The maximum absolute atomic E-state index is 10.9. The molecule has 0 saturated heterocycles. The van der Waals surface area contributed by atoms with E-state index in [4.69, 9.17) is 5.11 Å². The van der Waals surface area contributed by atoms with E-state index in [1.54, 1.807) is 12.1 Å². The van der Waals surface area contributed by atoms with Crippen molar-refractivity contribution < 1.29 is 9.90 Å². The maximum atomic E-state index is 10.9. The molecule has 0 unspecified atom stereocenters. The maximum Gasteiger partial charge on any atom is 0.352 e. The minimum absolute atomic E-state index is 0.196.